The van der Waals surface area contributed by atoms with E-state index in [1.807, 2.05) is 6.07 Å². The van der Waals surface area contributed by atoms with Crippen molar-refractivity contribution in [1.82, 2.24) is 15.8 Å². The fraction of sp³-hybridized carbons (Fsp3) is 0.545. The normalized spacial score (nSPS) is 15.4. The number of ether oxygens (including phenoxy) is 2. The van der Waals surface area contributed by atoms with Crippen molar-refractivity contribution in [2.24, 2.45) is 4.99 Å². The summed E-state index contributed by atoms with van der Waals surface area (Å²) in [5.41, 5.74) is 3.24. The third-order valence-electron chi connectivity index (χ3n) is 5.38. The standard InChI is InChI=1S/C22H32N4O3.HI/c1-6-15(7-2)19-11-18(29-26-19)13-25-22(23-4)24-12-17-10-21-16(8-14(3)28-21)9-20(17)27-5;/h9-11,14-15H,6-8,12-13H2,1-5H3,(H2,23,24,25);1H. The summed E-state index contributed by atoms with van der Waals surface area (Å²) in [6.07, 6.45) is 3.24. The number of rotatable bonds is 8. The molecule has 0 saturated carbocycles. The van der Waals surface area contributed by atoms with E-state index in [1.54, 1.807) is 14.2 Å². The largest absolute Gasteiger partial charge is 0.496 e. The van der Waals surface area contributed by atoms with E-state index in [9.17, 15) is 0 Å². The average Bonchev–Trinajstić information content (AvgIpc) is 3.33. The molecule has 166 valence electrons. The number of benzene rings is 1. The molecule has 1 unspecified atom stereocenters. The zero-order valence-electron chi connectivity index (χ0n) is 18.4. The van der Waals surface area contributed by atoms with Crippen molar-refractivity contribution < 1.29 is 14.0 Å². The Labute approximate surface area is 196 Å². The highest BCUT2D eigenvalue weighted by molar-refractivity contribution is 14.0. The second-order valence-corrected chi connectivity index (χ2v) is 7.42. The molecule has 0 fully saturated rings. The van der Waals surface area contributed by atoms with Gasteiger partial charge in [-0.05, 0) is 31.9 Å². The van der Waals surface area contributed by atoms with Crippen molar-refractivity contribution in [2.45, 2.75) is 65.1 Å². The minimum absolute atomic E-state index is 0. The van der Waals surface area contributed by atoms with E-state index in [0.717, 1.165) is 47.8 Å². The average molecular weight is 528 g/mol. The summed E-state index contributed by atoms with van der Waals surface area (Å²) in [5, 5.41) is 10.8. The number of hydrogen-bond acceptors (Lipinski definition) is 5. The monoisotopic (exact) mass is 528 g/mol. The van der Waals surface area contributed by atoms with Gasteiger partial charge in [-0.2, -0.15) is 0 Å². The van der Waals surface area contributed by atoms with Gasteiger partial charge in [0.1, 0.15) is 17.6 Å². The molecule has 0 bridgehead atoms. The van der Waals surface area contributed by atoms with Crippen molar-refractivity contribution in [3.63, 3.8) is 0 Å². The van der Waals surface area contributed by atoms with Crippen LogP contribution in [0.1, 0.15) is 62.1 Å². The first kappa shape index (κ1) is 24.3. The third-order valence-corrected chi connectivity index (χ3v) is 5.38. The maximum atomic E-state index is 5.88. The molecule has 7 nitrogen and oxygen atoms in total. The van der Waals surface area contributed by atoms with E-state index in [-0.39, 0.29) is 30.1 Å². The van der Waals surface area contributed by atoms with Crippen LogP contribution in [-0.2, 0) is 19.5 Å². The minimum Gasteiger partial charge on any atom is -0.496 e. The Balaban J connectivity index is 0.00000320. The lowest BCUT2D eigenvalue weighted by Crippen LogP contribution is -2.36. The summed E-state index contributed by atoms with van der Waals surface area (Å²) in [7, 11) is 3.44. The number of methoxy groups -OCH3 is 1. The van der Waals surface area contributed by atoms with Gasteiger partial charge in [-0.1, -0.05) is 19.0 Å². The van der Waals surface area contributed by atoms with Crippen LogP contribution in [0.4, 0.5) is 0 Å². The molecule has 0 aliphatic carbocycles. The SMILES string of the molecule is CCC(CC)c1cc(CNC(=NC)NCc2cc3c(cc2OC)CC(C)O3)on1.I. The summed E-state index contributed by atoms with van der Waals surface area (Å²) in [6, 6.07) is 6.15. The Morgan fingerprint density at radius 1 is 1.23 bits per heavy atom. The fourth-order valence-corrected chi connectivity index (χ4v) is 3.69. The van der Waals surface area contributed by atoms with E-state index in [2.05, 4.69) is 53.7 Å². The van der Waals surface area contributed by atoms with Crippen molar-refractivity contribution >= 4 is 29.9 Å². The highest BCUT2D eigenvalue weighted by Gasteiger charge is 2.21. The maximum Gasteiger partial charge on any atom is 0.191 e. The van der Waals surface area contributed by atoms with Gasteiger partial charge in [0.25, 0.3) is 0 Å². The van der Waals surface area contributed by atoms with Gasteiger partial charge >= 0.3 is 0 Å². The number of fused-ring (bicyclic) bond motifs is 1. The first-order chi connectivity index (χ1) is 14.1. The van der Waals surface area contributed by atoms with Crippen LogP contribution >= 0.6 is 24.0 Å². The van der Waals surface area contributed by atoms with Gasteiger partial charge in [0.2, 0.25) is 0 Å². The zero-order chi connectivity index (χ0) is 20.8. The first-order valence-corrected chi connectivity index (χ1v) is 10.3. The molecule has 0 radical (unpaired) electrons. The van der Waals surface area contributed by atoms with Gasteiger partial charge in [0.15, 0.2) is 11.7 Å². The van der Waals surface area contributed by atoms with Gasteiger partial charge < -0.3 is 24.6 Å². The van der Waals surface area contributed by atoms with Gasteiger partial charge in [-0.15, -0.1) is 24.0 Å². The molecule has 1 atom stereocenters. The molecule has 2 heterocycles. The molecule has 0 amide bonds. The summed E-state index contributed by atoms with van der Waals surface area (Å²) in [6.45, 7) is 7.52. The molecule has 2 N–H and O–H groups in total. The molecule has 1 aromatic carbocycles. The Hall–Kier alpha value is -1.97. The van der Waals surface area contributed by atoms with Gasteiger partial charge in [0, 0.05) is 43.1 Å². The van der Waals surface area contributed by atoms with Gasteiger partial charge in [-0.3, -0.25) is 4.99 Å². The number of hydrogen-bond donors (Lipinski definition) is 2. The molecule has 2 aromatic rings. The summed E-state index contributed by atoms with van der Waals surface area (Å²) in [4.78, 5) is 4.29. The minimum atomic E-state index is 0. The van der Waals surface area contributed by atoms with Crippen LogP contribution in [0.2, 0.25) is 0 Å². The van der Waals surface area contributed by atoms with Crippen LogP contribution < -0.4 is 20.1 Å². The molecule has 8 heteroatoms. The predicted octanol–water partition coefficient (Wildman–Crippen LogP) is 4.39. The van der Waals surface area contributed by atoms with Crippen molar-refractivity contribution in [3.05, 3.63) is 40.8 Å². The topological polar surface area (TPSA) is 80.9 Å². The van der Waals surface area contributed by atoms with E-state index in [1.165, 1.54) is 5.56 Å². The highest BCUT2D eigenvalue weighted by atomic mass is 127. The van der Waals surface area contributed by atoms with Crippen LogP contribution in [0.3, 0.4) is 0 Å². The van der Waals surface area contributed by atoms with E-state index in [0.29, 0.717) is 25.0 Å². The lowest BCUT2D eigenvalue weighted by atomic mass is 9.99. The summed E-state index contributed by atoms with van der Waals surface area (Å²) in [5.74, 6) is 3.72. The van der Waals surface area contributed by atoms with Crippen LogP contribution in [-0.4, -0.2) is 31.4 Å². The van der Waals surface area contributed by atoms with Crippen molar-refractivity contribution in [1.29, 1.82) is 0 Å². The molecule has 30 heavy (non-hydrogen) atoms. The smallest absolute Gasteiger partial charge is 0.191 e. The zero-order valence-corrected chi connectivity index (χ0v) is 20.8. The second kappa shape index (κ2) is 11.4. The van der Waals surface area contributed by atoms with Crippen LogP contribution in [0, 0.1) is 0 Å². The molecule has 0 spiro atoms. The lowest BCUT2D eigenvalue weighted by molar-refractivity contribution is 0.254. The van der Waals surface area contributed by atoms with E-state index >= 15 is 0 Å². The number of guanidine groups is 1. The third kappa shape index (κ3) is 5.80. The highest BCUT2D eigenvalue weighted by Crippen LogP contribution is 2.34. The number of aromatic nitrogens is 1. The van der Waals surface area contributed by atoms with E-state index in [4.69, 9.17) is 14.0 Å². The Morgan fingerprint density at radius 2 is 1.97 bits per heavy atom. The Bertz CT molecular complexity index is 849. The van der Waals surface area contributed by atoms with Gasteiger partial charge in [0.05, 0.1) is 19.3 Å². The molecular weight excluding hydrogens is 495 g/mol. The van der Waals surface area contributed by atoms with Gasteiger partial charge in [-0.25, -0.2) is 0 Å². The Morgan fingerprint density at radius 3 is 2.63 bits per heavy atom. The molecule has 3 rings (SSSR count). The quantitative estimate of drug-likeness (QED) is 0.301. The van der Waals surface area contributed by atoms with E-state index < -0.39 is 0 Å². The molecule has 1 aliphatic rings. The molecule has 1 aliphatic heterocycles. The second-order valence-electron chi connectivity index (χ2n) is 7.42. The van der Waals surface area contributed by atoms with Crippen LogP contribution in [0.25, 0.3) is 0 Å². The van der Waals surface area contributed by atoms with Crippen molar-refractivity contribution in [2.75, 3.05) is 14.2 Å². The number of aliphatic imine (C=N–C) groups is 1. The molecule has 0 saturated heterocycles. The first-order valence-electron chi connectivity index (χ1n) is 10.3. The molecular formula is C22H33IN4O3. The molecule has 1 aromatic heterocycles. The maximum absolute atomic E-state index is 5.88. The summed E-state index contributed by atoms with van der Waals surface area (Å²) < 4.78 is 16.9. The fourth-order valence-electron chi connectivity index (χ4n) is 3.69. The van der Waals surface area contributed by atoms with Crippen molar-refractivity contribution in [3.8, 4) is 11.5 Å². The number of nitrogens with zero attached hydrogens (tertiary/aromatic N) is 2. The number of nitrogens with one attached hydrogen (secondary N) is 2. The van der Waals surface area contributed by atoms with Crippen LogP contribution in [0.5, 0.6) is 11.5 Å². The predicted molar refractivity (Wildman–Crippen MR) is 129 cm³/mol. The lowest BCUT2D eigenvalue weighted by Gasteiger charge is -2.14. The number of halogens is 1. The Kier molecular flexibility index (Phi) is 9.26. The van der Waals surface area contributed by atoms with Crippen LogP contribution in [0.15, 0.2) is 27.7 Å². The summed E-state index contributed by atoms with van der Waals surface area (Å²) >= 11 is 0.